The molecule has 140 valence electrons. The molecule has 0 amide bonds. The summed E-state index contributed by atoms with van der Waals surface area (Å²) in [5, 5.41) is 4.18. The third-order valence-electron chi connectivity index (χ3n) is 4.85. The summed E-state index contributed by atoms with van der Waals surface area (Å²) in [4.78, 5) is 0.228. The van der Waals surface area contributed by atoms with Crippen molar-refractivity contribution in [2.24, 2.45) is 0 Å². The molecule has 3 rings (SSSR count). The van der Waals surface area contributed by atoms with Crippen LogP contribution in [0.3, 0.4) is 0 Å². The molecular formula is C20H25ClN2O2S. The Bertz CT molecular complexity index is 788. The van der Waals surface area contributed by atoms with Crippen LogP contribution in [0.25, 0.3) is 0 Å². The molecule has 1 saturated carbocycles. The topological polar surface area (TPSA) is 58.2 Å². The van der Waals surface area contributed by atoms with Crippen molar-refractivity contribution in [1.82, 2.24) is 10.0 Å². The molecule has 0 saturated heterocycles. The van der Waals surface area contributed by atoms with Crippen LogP contribution in [0.5, 0.6) is 0 Å². The molecule has 0 spiro atoms. The number of hydrogen-bond donors (Lipinski definition) is 2. The first-order chi connectivity index (χ1) is 12.5. The molecule has 1 aliphatic rings. The summed E-state index contributed by atoms with van der Waals surface area (Å²) in [6.45, 7) is 0.311. The van der Waals surface area contributed by atoms with Crippen LogP contribution in [-0.2, 0) is 10.0 Å². The van der Waals surface area contributed by atoms with E-state index in [4.69, 9.17) is 11.6 Å². The number of hydrogen-bond acceptors (Lipinski definition) is 3. The zero-order valence-electron chi connectivity index (χ0n) is 14.7. The highest BCUT2D eigenvalue weighted by atomic mass is 35.5. The summed E-state index contributed by atoms with van der Waals surface area (Å²) < 4.78 is 27.9. The number of halogens is 1. The van der Waals surface area contributed by atoms with Crippen molar-refractivity contribution in [2.75, 3.05) is 6.54 Å². The third-order valence-corrected chi connectivity index (χ3v) is 6.54. The first-order valence-electron chi connectivity index (χ1n) is 9.11. The first-order valence-corrected chi connectivity index (χ1v) is 11.0. The zero-order valence-corrected chi connectivity index (χ0v) is 16.3. The highest BCUT2D eigenvalue weighted by Crippen LogP contribution is 2.22. The van der Waals surface area contributed by atoms with Crippen LogP contribution in [0, 0.1) is 0 Å². The van der Waals surface area contributed by atoms with Crippen molar-refractivity contribution in [3.63, 3.8) is 0 Å². The normalized spacial score (nSPS) is 17.1. The van der Waals surface area contributed by atoms with Crippen molar-refractivity contribution in [3.05, 3.63) is 65.2 Å². The van der Waals surface area contributed by atoms with Crippen LogP contribution in [0.2, 0.25) is 5.02 Å². The van der Waals surface area contributed by atoms with Crippen LogP contribution in [0.4, 0.5) is 0 Å². The fraction of sp³-hybridized carbons (Fsp3) is 0.400. The number of benzene rings is 2. The lowest BCUT2D eigenvalue weighted by Crippen LogP contribution is -2.40. The summed E-state index contributed by atoms with van der Waals surface area (Å²) in [6.07, 6.45) is 6.04. The Morgan fingerprint density at radius 3 is 2.27 bits per heavy atom. The maximum absolute atomic E-state index is 12.6. The van der Waals surface area contributed by atoms with Gasteiger partial charge in [-0.15, -0.1) is 0 Å². The molecule has 1 atom stereocenters. The highest BCUT2D eigenvalue weighted by Gasteiger charge is 2.22. The van der Waals surface area contributed by atoms with Gasteiger partial charge in [0.2, 0.25) is 10.0 Å². The lowest BCUT2D eigenvalue weighted by atomic mass is 9.94. The van der Waals surface area contributed by atoms with Crippen LogP contribution in [0.15, 0.2) is 59.5 Å². The van der Waals surface area contributed by atoms with E-state index in [0.717, 1.165) is 18.4 Å². The van der Waals surface area contributed by atoms with E-state index in [1.165, 1.54) is 31.4 Å². The molecule has 0 aliphatic heterocycles. The predicted octanol–water partition coefficient (Wildman–Crippen LogP) is 4.28. The summed E-state index contributed by atoms with van der Waals surface area (Å²) in [5.41, 5.74) is 1.09. The fourth-order valence-corrected chi connectivity index (χ4v) is 4.58. The minimum absolute atomic E-state index is 0.0543. The standard InChI is InChI=1S/C20H25ClN2O2S/c21-17-11-13-19(14-12-17)26(24,25)22-15-20(16-7-3-1-4-8-16)23-18-9-5-2-6-10-18/h1,3-4,7-8,11-14,18,20,22-23H,2,5-6,9-10,15H2/t20-/m0/s1. The van der Waals surface area contributed by atoms with Gasteiger partial charge in [0.15, 0.2) is 0 Å². The Kier molecular flexibility index (Phi) is 6.70. The van der Waals surface area contributed by atoms with E-state index >= 15 is 0 Å². The van der Waals surface area contributed by atoms with Gasteiger partial charge in [0, 0.05) is 23.7 Å². The van der Waals surface area contributed by atoms with Gasteiger partial charge in [0.05, 0.1) is 4.90 Å². The lowest BCUT2D eigenvalue weighted by Gasteiger charge is -2.29. The largest absolute Gasteiger partial charge is 0.306 e. The van der Waals surface area contributed by atoms with Crippen molar-refractivity contribution < 1.29 is 8.42 Å². The van der Waals surface area contributed by atoms with Gasteiger partial charge in [0.1, 0.15) is 0 Å². The molecule has 2 N–H and O–H groups in total. The number of rotatable bonds is 7. The van der Waals surface area contributed by atoms with E-state index in [2.05, 4.69) is 10.0 Å². The van der Waals surface area contributed by atoms with E-state index in [-0.39, 0.29) is 10.9 Å². The second-order valence-electron chi connectivity index (χ2n) is 6.77. The Morgan fingerprint density at radius 1 is 0.962 bits per heavy atom. The minimum atomic E-state index is -3.57. The van der Waals surface area contributed by atoms with E-state index < -0.39 is 10.0 Å². The summed E-state index contributed by atoms with van der Waals surface area (Å²) in [7, 11) is -3.57. The Labute approximate surface area is 161 Å². The fourth-order valence-electron chi connectivity index (χ4n) is 3.40. The summed E-state index contributed by atoms with van der Waals surface area (Å²) >= 11 is 5.85. The molecule has 0 aromatic heterocycles. The van der Waals surface area contributed by atoms with Crippen molar-refractivity contribution in [2.45, 2.75) is 49.1 Å². The van der Waals surface area contributed by atoms with E-state index in [0.29, 0.717) is 17.6 Å². The maximum Gasteiger partial charge on any atom is 0.240 e. The van der Waals surface area contributed by atoms with Crippen molar-refractivity contribution in [3.8, 4) is 0 Å². The Hall–Kier alpha value is -1.40. The van der Waals surface area contributed by atoms with Gasteiger partial charge in [-0.25, -0.2) is 13.1 Å². The van der Waals surface area contributed by atoms with Crippen LogP contribution >= 0.6 is 11.6 Å². The van der Waals surface area contributed by atoms with Gasteiger partial charge in [-0.2, -0.15) is 0 Å². The average molecular weight is 393 g/mol. The van der Waals surface area contributed by atoms with Gasteiger partial charge in [-0.1, -0.05) is 61.2 Å². The Morgan fingerprint density at radius 2 is 1.62 bits per heavy atom. The first kappa shape index (κ1) is 19.4. The van der Waals surface area contributed by atoms with Crippen LogP contribution < -0.4 is 10.0 Å². The van der Waals surface area contributed by atoms with Crippen LogP contribution in [-0.4, -0.2) is 21.0 Å². The van der Waals surface area contributed by atoms with Crippen molar-refractivity contribution >= 4 is 21.6 Å². The summed E-state index contributed by atoms with van der Waals surface area (Å²) in [5.74, 6) is 0. The smallest absolute Gasteiger partial charge is 0.240 e. The molecule has 0 radical (unpaired) electrons. The average Bonchev–Trinajstić information content (AvgIpc) is 2.67. The summed E-state index contributed by atoms with van der Waals surface area (Å²) in [6, 6.07) is 16.6. The monoisotopic (exact) mass is 392 g/mol. The maximum atomic E-state index is 12.6. The lowest BCUT2D eigenvalue weighted by molar-refractivity contribution is 0.337. The quantitative estimate of drug-likeness (QED) is 0.739. The second kappa shape index (κ2) is 9.00. The number of sulfonamides is 1. The molecule has 0 bridgehead atoms. The molecule has 1 fully saturated rings. The second-order valence-corrected chi connectivity index (χ2v) is 8.97. The van der Waals surface area contributed by atoms with Gasteiger partial charge in [-0.3, -0.25) is 0 Å². The molecule has 26 heavy (non-hydrogen) atoms. The molecule has 0 heterocycles. The van der Waals surface area contributed by atoms with Crippen molar-refractivity contribution in [1.29, 1.82) is 0 Å². The van der Waals surface area contributed by atoms with E-state index in [9.17, 15) is 8.42 Å². The van der Waals surface area contributed by atoms with Gasteiger partial charge >= 0.3 is 0 Å². The predicted molar refractivity (Wildman–Crippen MR) is 106 cm³/mol. The Balaban J connectivity index is 1.71. The van der Waals surface area contributed by atoms with Gasteiger partial charge in [-0.05, 0) is 42.7 Å². The van der Waals surface area contributed by atoms with Gasteiger partial charge < -0.3 is 5.32 Å². The van der Waals surface area contributed by atoms with E-state index in [1.54, 1.807) is 12.1 Å². The molecule has 2 aromatic carbocycles. The zero-order chi connectivity index (χ0) is 18.4. The molecule has 0 unspecified atom stereocenters. The molecule has 2 aromatic rings. The minimum Gasteiger partial charge on any atom is -0.306 e. The molecule has 4 nitrogen and oxygen atoms in total. The molecule has 6 heteroatoms. The van der Waals surface area contributed by atoms with Gasteiger partial charge in [0.25, 0.3) is 0 Å². The third kappa shape index (κ3) is 5.30. The van der Waals surface area contributed by atoms with Crippen LogP contribution in [0.1, 0.15) is 43.7 Å². The number of nitrogens with one attached hydrogen (secondary N) is 2. The van der Waals surface area contributed by atoms with E-state index in [1.807, 2.05) is 30.3 Å². The highest BCUT2D eigenvalue weighted by molar-refractivity contribution is 7.89. The molecular weight excluding hydrogens is 368 g/mol. The SMILES string of the molecule is O=S(=O)(NC[C@H](NC1CCCCC1)c1ccccc1)c1ccc(Cl)cc1. The molecule has 1 aliphatic carbocycles.